The van der Waals surface area contributed by atoms with Crippen LogP contribution in [0.2, 0.25) is 0 Å². The Kier molecular flexibility index (Phi) is 2.51. The van der Waals surface area contributed by atoms with Gasteiger partial charge in [-0.05, 0) is 6.42 Å². The van der Waals surface area contributed by atoms with Gasteiger partial charge in [0.25, 0.3) is 0 Å². The summed E-state index contributed by atoms with van der Waals surface area (Å²) in [5.41, 5.74) is -0.112. The van der Waals surface area contributed by atoms with Crippen LogP contribution < -0.4 is 0 Å². The van der Waals surface area contributed by atoms with Gasteiger partial charge in [-0.3, -0.25) is 5.01 Å². The van der Waals surface area contributed by atoms with Gasteiger partial charge in [0.15, 0.2) is 0 Å². The molecule has 0 aromatic rings. The third-order valence-corrected chi connectivity index (χ3v) is 2.65. The van der Waals surface area contributed by atoms with Crippen LogP contribution in [0.4, 0.5) is 0 Å². The number of halogens is 1. The van der Waals surface area contributed by atoms with E-state index in [0.717, 1.165) is 32.4 Å². The Morgan fingerprint density at radius 2 is 2.50 bits per heavy atom. The molecule has 2 unspecified atom stereocenters. The molecule has 4 heteroatoms. The van der Waals surface area contributed by atoms with Crippen LogP contribution in [0.5, 0.6) is 0 Å². The topological polar surface area (TPSA) is 24.8 Å². The molecular formula is C8H13ClN2O. The number of hydrogen-bond acceptors (Lipinski definition) is 3. The average molecular weight is 189 g/mol. The predicted octanol–water partition coefficient (Wildman–Crippen LogP) is 1.42. The van der Waals surface area contributed by atoms with Crippen molar-refractivity contribution < 1.29 is 4.74 Å². The summed E-state index contributed by atoms with van der Waals surface area (Å²) in [6, 6.07) is 0.500. The van der Waals surface area contributed by atoms with Crippen LogP contribution in [0, 0.1) is 0 Å². The fraction of sp³-hybridized carbons (Fsp3) is 0.875. The van der Waals surface area contributed by atoms with Gasteiger partial charge < -0.3 is 4.74 Å². The lowest BCUT2D eigenvalue weighted by Gasteiger charge is -2.31. The van der Waals surface area contributed by atoms with Crippen molar-refractivity contribution in [1.82, 2.24) is 5.01 Å². The van der Waals surface area contributed by atoms with Crippen molar-refractivity contribution in [3.05, 3.63) is 0 Å². The highest BCUT2D eigenvalue weighted by molar-refractivity contribution is 6.19. The first-order valence-corrected chi connectivity index (χ1v) is 4.84. The molecule has 2 aliphatic rings. The summed E-state index contributed by atoms with van der Waals surface area (Å²) < 4.78 is 5.25. The molecule has 0 aromatic heterocycles. The summed E-state index contributed by atoms with van der Waals surface area (Å²) in [4.78, 5) is 0. The highest BCUT2D eigenvalue weighted by Crippen LogP contribution is 2.22. The molecule has 12 heavy (non-hydrogen) atoms. The van der Waals surface area contributed by atoms with Crippen LogP contribution in [0.3, 0.4) is 0 Å². The zero-order valence-electron chi connectivity index (χ0n) is 6.95. The van der Waals surface area contributed by atoms with Gasteiger partial charge in [0.2, 0.25) is 0 Å². The number of hydrogen-bond donors (Lipinski definition) is 0. The second-order valence-corrected chi connectivity index (χ2v) is 3.70. The lowest BCUT2D eigenvalue weighted by atomic mass is 10.1. The quantitative estimate of drug-likeness (QED) is 0.582. The molecule has 2 heterocycles. The summed E-state index contributed by atoms with van der Waals surface area (Å²) in [7, 11) is 0. The van der Waals surface area contributed by atoms with Crippen LogP contribution in [-0.4, -0.2) is 36.0 Å². The van der Waals surface area contributed by atoms with E-state index < -0.39 is 0 Å². The van der Waals surface area contributed by atoms with Gasteiger partial charge in [-0.1, -0.05) is 11.6 Å². The number of alkyl halides is 1. The van der Waals surface area contributed by atoms with E-state index in [-0.39, 0.29) is 5.56 Å². The molecule has 68 valence electrons. The Hall–Kier alpha value is -0.280. The third kappa shape index (κ3) is 1.72. The van der Waals surface area contributed by atoms with Crippen molar-refractivity contribution in [1.29, 1.82) is 0 Å². The molecule has 0 radical (unpaired) electrons. The minimum Gasteiger partial charge on any atom is -0.362 e. The van der Waals surface area contributed by atoms with E-state index in [0.29, 0.717) is 6.04 Å². The standard InChI is InChI=1S/C8H13ClN2O/c9-8-6-7(2-5-12-8)11-4-1-3-10-11/h3,7-8H,1-2,4-6H2. The van der Waals surface area contributed by atoms with Crippen molar-refractivity contribution in [3.63, 3.8) is 0 Å². The first kappa shape index (κ1) is 8.32. The molecule has 0 N–H and O–H groups in total. The SMILES string of the molecule is ClC1CC(N2CCC=N2)CCO1. The van der Waals surface area contributed by atoms with Gasteiger partial charge in [0.1, 0.15) is 5.56 Å². The molecule has 0 saturated carbocycles. The number of nitrogens with zero attached hydrogens (tertiary/aromatic N) is 2. The molecule has 0 amide bonds. The maximum atomic E-state index is 5.89. The summed E-state index contributed by atoms with van der Waals surface area (Å²) in [5, 5.41) is 6.42. The van der Waals surface area contributed by atoms with Crippen molar-refractivity contribution in [2.75, 3.05) is 13.2 Å². The van der Waals surface area contributed by atoms with Crippen molar-refractivity contribution in [2.45, 2.75) is 30.9 Å². The average Bonchev–Trinajstić information content (AvgIpc) is 2.56. The van der Waals surface area contributed by atoms with Gasteiger partial charge in [-0.25, -0.2) is 0 Å². The van der Waals surface area contributed by atoms with Gasteiger partial charge >= 0.3 is 0 Å². The molecule has 1 fully saturated rings. The molecule has 0 bridgehead atoms. The molecule has 0 aliphatic carbocycles. The maximum absolute atomic E-state index is 5.89. The minimum atomic E-state index is -0.112. The molecule has 2 aliphatic heterocycles. The molecule has 0 spiro atoms. The lowest BCUT2D eigenvalue weighted by molar-refractivity contribution is 0.0167. The Morgan fingerprint density at radius 1 is 1.58 bits per heavy atom. The molecular weight excluding hydrogens is 176 g/mol. The van der Waals surface area contributed by atoms with E-state index in [4.69, 9.17) is 16.3 Å². The summed E-state index contributed by atoms with van der Waals surface area (Å²) >= 11 is 5.89. The monoisotopic (exact) mass is 188 g/mol. The van der Waals surface area contributed by atoms with Gasteiger partial charge in [0, 0.05) is 25.6 Å². The number of rotatable bonds is 1. The summed E-state index contributed by atoms with van der Waals surface area (Å²) in [6.07, 6.45) is 5.00. The second-order valence-electron chi connectivity index (χ2n) is 3.21. The second kappa shape index (κ2) is 3.62. The van der Waals surface area contributed by atoms with Gasteiger partial charge in [-0.2, -0.15) is 5.10 Å². The van der Waals surface area contributed by atoms with Crippen LogP contribution in [0.15, 0.2) is 5.10 Å². The van der Waals surface area contributed by atoms with Gasteiger partial charge in [-0.15, -0.1) is 0 Å². The maximum Gasteiger partial charge on any atom is 0.133 e. The van der Waals surface area contributed by atoms with E-state index in [1.807, 2.05) is 6.21 Å². The largest absolute Gasteiger partial charge is 0.362 e. The van der Waals surface area contributed by atoms with Crippen LogP contribution >= 0.6 is 11.6 Å². The fourth-order valence-corrected chi connectivity index (χ4v) is 1.98. The van der Waals surface area contributed by atoms with Crippen molar-refractivity contribution >= 4 is 17.8 Å². The van der Waals surface area contributed by atoms with Crippen LogP contribution in [0.1, 0.15) is 19.3 Å². The Morgan fingerprint density at radius 3 is 3.17 bits per heavy atom. The van der Waals surface area contributed by atoms with E-state index in [1.165, 1.54) is 0 Å². The molecule has 2 atom stereocenters. The minimum absolute atomic E-state index is 0.112. The van der Waals surface area contributed by atoms with E-state index in [2.05, 4.69) is 10.1 Å². The number of hydrazone groups is 1. The van der Waals surface area contributed by atoms with Crippen molar-refractivity contribution in [2.24, 2.45) is 5.10 Å². The molecule has 2 rings (SSSR count). The Labute approximate surface area is 77.3 Å². The highest BCUT2D eigenvalue weighted by atomic mass is 35.5. The predicted molar refractivity (Wildman–Crippen MR) is 48.4 cm³/mol. The molecule has 3 nitrogen and oxygen atoms in total. The highest BCUT2D eigenvalue weighted by Gasteiger charge is 2.26. The summed E-state index contributed by atoms with van der Waals surface area (Å²) in [6.45, 7) is 1.82. The lowest BCUT2D eigenvalue weighted by Crippen LogP contribution is -2.37. The first-order valence-electron chi connectivity index (χ1n) is 4.41. The molecule has 1 saturated heterocycles. The zero-order chi connectivity index (χ0) is 8.39. The van der Waals surface area contributed by atoms with Crippen molar-refractivity contribution in [3.8, 4) is 0 Å². The van der Waals surface area contributed by atoms with E-state index in [1.54, 1.807) is 0 Å². The zero-order valence-corrected chi connectivity index (χ0v) is 7.70. The Bertz CT molecular complexity index is 186. The van der Waals surface area contributed by atoms with Crippen LogP contribution in [-0.2, 0) is 4.74 Å². The van der Waals surface area contributed by atoms with Crippen LogP contribution in [0.25, 0.3) is 0 Å². The number of ether oxygens (including phenoxy) is 1. The Balaban J connectivity index is 1.89. The fourth-order valence-electron chi connectivity index (χ4n) is 1.69. The smallest absolute Gasteiger partial charge is 0.133 e. The molecule has 0 aromatic carbocycles. The first-order chi connectivity index (χ1) is 5.86. The third-order valence-electron chi connectivity index (χ3n) is 2.35. The van der Waals surface area contributed by atoms with E-state index >= 15 is 0 Å². The van der Waals surface area contributed by atoms with Gasteiger partial charge in [0.05, 0.1) is 12.6 Å². The summed E-state index contributed by atoms with van der Waals surface area (Å²) in [5.74, 6) is 0. The van der Waals surface area contributed by atoms with E-state index in [9.17, 15) is 0 Å². The normalized spacial score (nSPS) is 35.9.